The number of hydrogen-bond acceptors (Lipinski definition) is 6. The number of rotatable bonds is 8. The topological polar surface area (TPSA) is 151 Å². The zero-order chi connectivity index (χ0) is 21.0. The van der Waals surface area contributed by atoms with E-state index < -0.39 is 18.9 Å². The number of carboxylic acids is 1. The van der Waals surface area contributed by atoms with Crippen LogP contribution in [0.4, 0.5) is 4.79 Å². The average Bonchev–Trinajstić information content (AvgIpc) is 2.64. The van der Waals surface area contributed by atoms with Gasteiger partial charge in [0, 0.05) is 37.8 Å². The van der Waals surface area contributed by atoms with Crippen molar-refractivity contribution in [1.82, 2.24) is 10.6 Å². The lowest BCUT2D eigenvalue weighted by Gasteiger charge is -2.36. The molecule has 2 amide bonds. The molecule has 156 valence electrons. The number of benzene rings is 1. The molecule has 1 aliphatic carbocycles. The molecule has 0 spiro atoms. The minimum Gasteiger partial charge on any atom is -0.535 e. The van der Waals surface area contributed by atoms with Crippen LogP contribution in [-0.4, -0.2) is 54.2 Å². The van der Waals surface area contributed by atoms with Gasteiger partial charge in [-0.15, -0.1) is 0 Å². The van der Waals surface area contributed by atoms with Crippen LogP contribution in [0.15, 0.2) is 18.2 Å². The quantitative estimate of drug-likeness (QED) is 0.398. The second kappa shape index (κ2) is 9.28. The molecule has 0 radical (unpaired) electrons. The number of para-hydroxylation sites is 1. The van der Waals surface area contributed by atoms with E-state index in [1.54, 1.807) is 12.1 Å². The third kappa shape index (κ3) is 5.27. The Morgan fingerprint density at radius 1 is 1.24 bits per heavy atom. The van der Waals surface area contributed by atoms with E-state index in [1.807, 2.05) is 0 Å². The molecule has 3 rings (SSSR count). The molecule has 0 bridgehead atoms. The van der Waals surface area contributed by atoms with Crippen molar-refractivity contribution < 1.29 is 29.2 Å². The monoisotopic (exact) mass is 403 g/mol. The van der Waals surface area contributed by atoms with Crippen molar-refractivity contribution in [2.24, 2.45) is 11.7 Å². The van der Waals surface area contributed by atoms with Gasteiger partial charge in [-0.2, -0.15) is 0 Å². The molecule has 0 saturated heterocycles. The fourth-order valence-electron chi connectivity index (χ4n) is 3.97. The van der Waals surface area contributed by atoms with Crippen LogP contribution in [0.5, 0.6) is 5.75 Å². The maximum absolute atomic E-state index is 12.4. The number of carbonyl (C=O) groups excluding carboxylic acids is 2. The van der Waals surface area contributed by atoms with Crippen LogP contribution in [-0.2, 0) is 11.2 Å². The number of carbonyl (C=O) groups is 3. The minimum absolute atomic E-state index is 0.00911. The largest absolute Gasteiger partial charge is 0.535 e. The van der Waals surface area contributed by atoms with E-state index in [9.17, 15) is 24.5 Å². The summed E-state index contributed by atoms with van der Waals surface area (Å²) in [6.07, 6.45) is 2.45. The lowest BCUT2D eigenvalue weighted by atomic mass is 9.63. The van der Waals surface area contributed by atoms with Crippen LogP contribution in [0.1, 0.15) is 41.6 Å². The highest BCUT2D eigenvalue weighted by atomic mass is 16.5. The Hall–Kier alpha value is -2.59. The van der Waals surface area contributed by atoms with Crippen LogP contribution < -0.4 is 21.0 Å². The van der Waals surface area contributed by atoms with E-state index >= 15 is 0 Å². The van der Waals surface area contributed by atoms with Gasteiger partial charge in [0.25, 0.3) is 0 Å². The fourth-order valence-corrected chi connectivity index (χ4v) is 3.97. The van der Waals surface area contributed by atoms with Gasteiger partial charge in [-0.1, -0.05) is 12.1 Å². The number of aromatic carboxylic acids is 1. The molecule has 0 aromatic heterocycles. The van der Waals surface area contributed by atoms with E-state index in [2.05, 4.69) is 10.6 Å². The van der Waals surface area contributed by atoms with Crippen LogP contribution in [0, 0.1) is 5.92 Å². The maximum atomic E-state index is 12.4. The molecule has 2 aliphatic rings. The highest BCUT2D eigenvalue weighted by molar-refractivity contribution is 6.47. The lowest BCUT2D eigenvalue weighted by Crippen LogP contribution is -2.49. The van der Waals surface area contributed by atoms with Crippen molar-refractivity contribution in [1.29, 1.82) is 0 Å². The molecule has 1 aromatic rings. The van der Waals surface area contributed by atoms with E-state index in [0.29, 0.717) is 31.5 Å². The van der Waals surface area contributed by atoms with Gasteiger partial charge in [0.15, 0.2) is 0 Å². The lowest BCUT2D eigenvalue weighted by molar-refractivity contribution is -0.120. The Labute approximate surface area is 169 Å². The zero-order valence-corrected chi connectivity index (χ0v) is 16.1. The SMILES string of the molecule is NCCNC(=O)NC1CC(CC(=O)C[C@H]2Cc3cccc(C(=O)O)c3OB2O)C1. The number of carboxylic acid groups (broad SMARTS) is 1. The fraction of sp³-hybridized carbons (Fsp3) is 0.526. The van der Waals surface area contributed by atoms with Gasteiger partial charge in [-0.25, -0.2) is 9.59 Å². The number of ketones is 1. The van der Waals surface area contributed by atoms with Crippen molar-refractivity contribution in [3.8, 4) is 5.75 Å². The smallest absolute Gasteiger partial charge is 0.526 e. The van der Waals surface area contributed by atoms with Crippen LogP contribution >= 0.6 is 0 Å². The summed E-state index contributed by atoms with van der Waals surface area (Å²) >= 11 is 0. The Morgan fingerprint density at radius 2 is 2.00 bits per heavy atom. The Bertz CT molecular complexity index is 783. The molecular formula is C19H26BN3O6. The predicted octanol–water partition coefficient (Wildman–Crippen LogP) is 0.556. The second-order valence-electron chi connectivity index (χ2n) is 7.74. The van der Waals surface area contributed by atoms with Gasteiger partial charge in [0.1, 0.15) is 11.5 Å². The first-order valence-electron chi connectivity index (χ1n) is 9.83. The Morgan fingerprint density at radius 3 is 2.69 bits per heavy atom. The van der Waals surface area contributed by atoms with Gasteiger partial charge in [0.2, 0.25) is 0 Å². The van der Waals surface area contributed by atoms with Gasteiger partial charge in [-0.05, 0) is 36.8 Å². The summed E-state index contributed by atoms with van der Waals surface area (Å²) in [7, 11) is -1.21. The van der Waals surface area contributed by atoms with E-state index in [4.69, 9.17) is 10.4 Å². The molecule has 1 atom stereocenters. The number of urea groups is 1. The molecule has 1 fully saturated rings. The maximum Gasteiger partial charge on any atom is 0.526 e. The molecule has 10 heteroatoms. The van der Waals surface area contributed by atoms with E-state index in [1.165, 1.54) is 6.07 Å². The summed E-state index contributed by atoms with van der Waals surface area (Å²) < 4.78 is 5.44. The third-order valence-corrected chi connectivity index (χ3v) is 5.46. The van der Waals surface area contributed by atoms with Gasteiger partial charge < -0.3 is 31.2 Å². The molecule has 1 aliphatic heterocycles. The first-order chi connectivity index (χ1) is 13.9. The predicted molar refractivity (Wildman–Crippen MR) is 106 cm³/mol. The molecule has 29 heavy (non-hydrogen) atoms. The molecule has 0 unspecified atom stereocenters. The van der Waals surface area contributed by atoms with Crippen molar-refractivity contribution >= 4 is 24.9 Å². The van der Waals surface area contributed by atoms with Crippen molar-refractivity contribution in [3.05, 3.63) is 29.3 Å². The van der Waals surface area contributed by atoms with Crippen molar-refractivity contribution in [2.75, 3.05) is 13.1 Å². The van der Waals surface area contributed by atoms with Gasteiger partial charge in [0.05, 0.1) is 5.56 Å². The molecule has 9 nitrogen and oxygen atoms in total. The molecule has 6 N–H and O–H groups in total. The van der Waals surface area contributed by atoms with Gasteiger partial charge >= 0.3 is 19.1 Å². The molecule has 1 aromatic carbocycles. The first-order valence-corrected chi connectivity index (χ1v) is 9.83. The summed E-state index contributed by atoms with van der Waals surface area (Å²) in [5, 5.41) is 25.0. The van der Waals surface area contributed by atoms with E-state index in [0.717, 1.165) is 12.8 Å². The molecule has 1 saturated carbocycles. The van der Waals surface area contributed by atoms with Crippen LogP contribution in [0.2, 0.25) is 5.82 Å². The number of amides is 2. The number of nitrogens with two attached hydrogens (primary N) is 1. The van der Waals surface area contributed by atoms with Crippen molar-refractivity contribution in [2.45, 2.75) is 44.0 Å². The minimum atomic E-state index is -1.21. The van der Waals surface area contributed by atoms with Crippen LogP contribution in [0.25, 0.3) is 0 Å². The van der Waals surface area contributed by atoms with E-state index in [-0.39, 0.29) is 41.5 Å². The Kier molecular flexibility index (Phi) is 6.76. The molecular weight excluding hydrogens is 377 g/mol. The summed E-state index contributed by atoms with van der Waals surface area (Å²) in [5.41, 5.74) is 6.03. The summed E-state index contributed by atoms with van der Waals surface area (Å²) in [4.78, 5) is 35.3. The first kappa shape index (κ1) is 21.1. The third-order valence-electron chi connectivity index (χ3n) is 5.46. The number of hydrogen-bond donors (Lipinski definition) is 5. The highest BCUT2D eigenvalue weighted by Gasteiger charge is 2.39. The second-order valence-corrected chi connectivity index (χ2v) is 7.74. The Balaban J connectivity index is 1.46. The number of Topliss-reactive ketones (excluding diaryl/α,β-unsaturated/α-hetero) is 1. The van der Waals surface area contributed by atoms with Crippen LogP contribution in [0.3, 0.4) is 0 Å². The number of fused-ring (bicyclic) bond motifs is 1. The highest BCUT2D eigenvalue weighted by Crippen LogP contribution is 2.37. The van der Waals surface area contributed by atoms with Gasteiger partial charge in [-0.3, -0.25) is 4.79 Å². The number of nitrogens with one attached hydrogen (secondary N) is 2. The molecule has 1 heterocycles. The normalized spacial score (nSPS) is 22.7. The summed E-state index contributed by atoms with van der Waals surface area (Å²) in [6, 6.07) is 4.63. The summed E-state index contributed by atoms with van der Waals surface area (Å²) in [6.45, 7) is 0.803. The zero-order valence-electron chi connectivity index (χ0n) is 16.1. The average molecular weight is 403 g/mol. The summed E-state index contributed by atoms with van der Waals surface area (Å²) in [5.74, 6) is -1.10. The standard InChI is InChI=1S/C19H26BN3O6/c21-4-5-22-19(27)23-14-6-11(7-14)8-15(24)10-13-9-12-2-1-3-16(18(25)26)17(12)29-20(13)28/h1-3,11,13-14,28H,4-10,21H2,(H,25,26)(H2,22,23,27)/t11?,13-,14?/m1/s1. The van der Waals surface area contributed by atoms with Crippen molar-refractivity contribution in [3.63, 3.8) is 0 Å².